The summed E-state index contributed by atoms with van der Waals surface area (Å²) in [6, 6.07) is 8.56. The molecule has 0 heterocycles. The second kappa shape index (κ2) is 5.43. The highest BCUT2D eigenvalue weighted by Gasteiger charge is 2.10. The monoisotopic (exact) mass is 240 g/mol. The number of halogens is 1. The zero-order valence-corrected chi connectivity index (χ0v) is 9.97. The van der Waals surface area contributed by atoms with Crippen molar-refractivity contribution in [3.05, 3.63) is 34.3 Å². The van der Waals surface area contributed by atoms with E-state index in [2.05, 4.69) is 54.0 Å². The van der Waals surface area contributed by atoms with Crippen molar-refractivity contribution in [2.45, 2.75) is 39.0 Å². The highest BCUT2D eigenvalue weighted by atomic mass is 79.9. The first-order valence-corrected chi connectivity index (χ1v) is 5.83. The third-order valence-corrected chi connectivity index (χ3v) is 3.20. The quantitative estimate of drug-likeness (QED) is 0.714. The first-order valence-electron chi connectivity index (χ1n) is 5.04. The highest BCUT2D eigenvalue weighted by Crippen LogP contribution is 2.30. The summed E-state index contributed by atoms with van der Waals surface area (Å²) in [5.41, 5.74) is 1.46. The summed E-state index contributed by atoms with van der Waals surface area (Å²) in [4.78, 5) is 0. The SMILES string of the molecule is CCCC(CC)c1ccccc1Br. The predicted octanol–water partition coefficient (Wildman–Crippen LogP) is 4.74. The minimum absolute atomic E-state index is 0.723. The van der Waals surface area contributed by atoms with E-state index < -0.39 is 0 Å². The molecule has 0 aliphatic carbocycles. The van der Waals surface area contributed by atoms with Gasteiger partial charge in [0.1, 0.15) is 0 Å². The molecule has 0 bridgehead atoms. The maximum Gasteiger partial charge on any atom is 0.0210 e. The molecule has 0 N–H and O–H groups in total. The number of hydrogen-bond donors (Lipinski definition) is 0. The molecule has 1 aromatic rings. The van der Waals surface area contributed by atoms with Gasteiger partial charge in [0.15, 0.2) is 0 Å². The van der Waals surface area contributed by atoms with Crippen molar-refractivity contribution in [1.29, 1.82) is 0 Å². The molecule has 13 heavy (non-hydrogen) atoms. The lowest BCUT2D eigenvalue weighted by atomic mass is 9.92. The summed E-state index contributed by atoms with van der Waals surface area (Å²) in [5.74, 6) is 0.723. The fraction of sp³-hybridized carbons (Fsp3) is 0.500. The van der Waals surface area contributed by atoms with Gasteiger partial charge in [0.05, 0.1) is 0 Å². The lowest BCUT2D eigenvalue weighted by Crippen LogP contribution is -1.97. The van der Waals surface area contributed by atoms with E-state index in [1.165, 1.54) is 29.3 Å². The Bertz CT molecular complexity index is 255. The van der Waals surface area contributed by atoms with Crippen LogP contribution in [0.1, 0.15) is 44.6 Å². The highest BCUT2D eigenvalue weighted by molar-refractivity contribution is 9.10. The van der Waals surface area contributed by atoms with Gasteiger partial charge >= 0.3 is 0 Å². The van der Waals surface area contributed by atoms with E-state index in [0.717, 1.165) is 5.92 Å². The standard InChI is InChI=1S/C12H17Br/c1-3-7-10(4-2)11-8-5-6-9-12(11)13/h5-6,8-10H,3-4,7H2,1-2H3. The zero-order chi connectivity index (χ0) is 9.68. The third kappa shape index (κ3) is 2.84. The van der Waals surface area contributed by atoms with E-state index in [1.807, 2.05) is 0 Å². The van der Waals surface area contributed by atoms with Crippen LogP contribution in [0.15, 0.2) is 28.7 Å². The van der Waals surface area contributed by atoms with Crippen LogP contribution in [-0.2, 0) is 0 Å². The molecule has 0 saturated carbocycles. The Morgan fingerprint density at radius 2 is 1.92 bits per heavy atom. The summed E-state index contributed by atoms with van der Waals surface area (Å²) in [6.07, 6.45) is 3.79. The summed E-state index contributed by atoms with van der Waals surface area (Å²) in [7, 11) is 0. The average molecular weight is 241 g/mol. The van der Waals surface area contributed by atoms with E-state index in [0.29, 0.717) is 0 Å². The molecule has 0 aliphatic rings. The smallest absolute Gasteiger partial charge is 0.0210 e. The van der Waals surface area contributed by atoms with Crippen molar-refractivity contribution in [2.24, 2.45) is 0 Å². The second-order valence-corrected chi connectivity index (χ2v) is 4.27. The molecular formula is C12H17Br. The molecule has 0 fully saturated rings. The molecule has 1 unspecified atom stereocenters. The van der Waals surface area contributed by atoms with Crippen LogP contribution < -0.4 is 0 Å². The molecule has 0 nitrogen and oxygen atoms in total. The molecule has 0 saturated heterocycles. The average Bonchev–Trinajstić information content (AvgIpc) is 2.16. The van der Waals surface area contributed by atoms with Gasteiger partial charge in [-0.2, -0.15) is 0 Å². The fourth-order valence-electron chi connectivity index (χ4n) is 1.73. The molecule has 0 aromatic heterocycles. The van der Waals surface area contributed by atoms with Gasteiger partial charge in [0.2, 0.25) is 0 Å². The molecule has 1 rings (SSSR count). The van der Waals surface area contributed by atoms with Gasteiger partial charge in [0, 0.05) is 4.47 Å². The van der Waals surface area contributed by atoms with Crippen LogP contribution in [0.3, 0.4) is 0 Å². The van der Waals surface area contributed by atoms with E-state index in [9.17, 15) is 0 Å². The Morgan fingerprint density at radius 1 is 1.23 bits per heavy atom. The molecule has 1 heteroatoms. The van der Waals surface area contributed by atoms with Crippen LogP contribution in [0.4, 0.5) is 0 Å². The van der Waals surface area contributed by atoms with Gasteiger partial charge in [-0.3, -0.25) is 0 Å². The molecular weight excluding hydrogens is 224 g/mol. The van der Waals surface area contributed by atoms with Gasteiger partial charge in [-0.1, -0.05) is 54.4 Å². The van der Waals surface area contributed by atoms with E-state index >= 15 is 0 Å². The van der Waals surface area contributed by atoms with E-state index in [1.54, 1.807) is 0 Å². The molecule has 72 valence electrons. The lowest BCUT2D eigenvalue weighted by Gasteiger charge is -2.15. The first-order chi connectivity index (χ1) is 6.29. The summed E-state index contributed by atoms with van der Waals surface area (Å²) in [5, 5.41) is 0. The Labute approximate surface area is 89.5 Å². The Hall–Kier alpha value is -0.300. The van der Waals surface area contributed by atoms with Crippen LogP contribution in [0.2, 0.25) is 0 Å². The summed E-state index contributed by atoms with van der Waals surface area (Å²) >= 11 is 3.61. The Balaban J connectivity index is 2.84. The first kappa shape index (κ1) is 10.8. The second-order valence-electron chi connectivity index (χ2n) is 3.42. The Morgan fingerprint density at radius 3 is 2.46 bits per heavy atom. The van der Waals surface area contributed by atoms with E-state index in [-0.39, 0.29) is 0 Å². The van der Waals surface area contributed by atoms with Crippen LogP contribution in [-0.4, -0.2) is 0 Å². The summed E-state index contributed by atoms with van der Waals surface area (Å²) in [6.45, 7) is 4.51. The van der Waals surface area contributed by atoms with Crippen molar-refractivity contribution >= 4 is 15.9 Å². The van der Waals surface area contributed by atoms with Gasteiger partial charge in [-0.15, -0.1) is 0 Å². The van der Waals surface area contributed by atoms with Gasteiger partial charge in [-0.25, -0.2) is 0 Å². The van der Waals surface area contributed by atoms with Gasteiger partial charge in [0.25, 0.3) is 0 Å². The van der Waals surface area contributed by atoms with E-state index in [4.69, 9.17) is 0 Å². The third-order valence-electron chi connectivity index (χ3n) is 2.47. The Kier molecular flexibility index (Phi) is 4.51. The largest absolute Gasteiger partial charge is 0.0654 e. The maximum atomic E-state index is 3.61. The lowest BCUT2D eigenvalue weighted by molar-refractivity contribution is 0.594. The molecule has 0 spiro atoms. The molecule has 0 radical (unpaired) electrons. The number of benzene rings is 1. The minimum Gasteiger partial charge on any atom is -0.0654 e. The number of rotatable bonds is 4. The fourth-order valence-corrected chi connectivity index (χ4v) is 2.34. The van der Waals surface area contributed by atoms with Gasteiger partial charge in [-0.05, 0) is 30.4 Å². The van der Waals surface area contributed by atoms with Crippen LogP contribution in [0.5, 0.6) is 0 Å². The topological polar surface area (TPSA) is 0 Å². The van der Waals surface area contributed by atoms with Crippen molar-refractivity contribution in [3.8, 4) is 0 Å². The molecule has 0 amide bonds. The van der Waals surface area contributed by atoms with Crippen molar-refractivity contribution in [2.75, 3.05) is 0 Å². The van der Waals surface area contributed by atoms with Crippen LogP contribution >= 0.6 is 15.9 Å². The zero-order valence-electron chi connectivity index (χ0n) is 8.39. The van der Waals surface area contributed by atoms with Crippen molar-refractivity contribution in [3.63, 3.8) is 0 Å². The molecule has 1 aromatic carbocycles. The van der Waals surface area contributed by atoms with Crippen molar-refractivity contribution < 1.29 is 0 Å². The van der Waals surface area contributed by atoms with Crippen molar-refractivity contribution in [1.82, 2.24) is 0 Å². The predicted molar refractivity (Wildman–Crippen MR) is 62.1 cm³/mol. The summed E-state index contributed by atoms with van der Waals surface area (Å²) < 4.78 is 1.26. The molecule has 1 atom stereocenters. The minimum atomic E-state index is 0.723. The maximum absolute atomic E-state index is 3.61. The normalized spacial score (nSPS) is 12.8. The van der Waals surface area contributed by atoms with Crippen LogP contribution in [0, 0.1) is 0 Å². The van der Waals surface area contributed by atoms with Crippen LogP contribution in [0.25, 0.3) is 0 Å². The van der Waals surface area contributed by atoms with Gasteiger partial charge < -0.3 is 0 Å². The number of hydrogen-bond acceptors (Lipinski definition) is 0. The molecule has 0 aliphatic heterocycles.